The molecular formula is C19H16Cl2N2O2S. The summed E-state index contributed by atoms with van der Waals surface area (Å²) >= 11 is 13.4. The number of methoxy groups -OCH3 is 1. The van der Waals surface area contributed by atoms with Gasteiger partial charge in [0.05, 0.1) is 23.4 Å². The van der Waals surface area contributed by atoms with Gasteiger partial charge in [0.15, 0.2) is 5.13 Å². The molecule has 0 radical (unpaired) electrons. The maximum atomic E-state index is 12.6. The average Bonchev–Trinajstić information content (AvgIpc) is 3.05. The molecule has 0 saturated carbocycles. The SMILES string of the molecule is COc1c(Cl)cc(Cl)cc1C(=O)Nc1nc(-c2ccc(C)c(C)c2)cs1. The number of hydrogen-bond acceptors (Lipinski definition) is 4. The quantitative estimate of drug-likeness (QED) is 0.578. The fraction of sp³-hybridized carbons (Fsp3) is 0.158. The van der Waals surface area contributed by atoms with Crippen LogP contribution in [0.5, 0.6) is 5.75 Å². The van der Waals surface area contributed by atoms with Crippen molar-refractivity contribution in [1.29, 1.82) is 0 Å². The number of aryl methyl sites for hydroxylation is 2. The molecule has 7 heteroatoms. The molecule has 0 aliphatic heterocycles. The highest BCUT2D eigenvalue weighted by molar-refractivity contribution is 7.14. The van der Waals surface area contributed by atoms with E-state index in [1.807, 2.05) is 11.4 Å². The Morgan fingerprint density at radius 2 is 1.92 bits per heavy atom. The number of carbonyl (C=O) groups excluding carboxylic acids is 1. The van der Waals surface area contributed by atoms with Gasteiger partial charge >= 0.3 is 0 Å². The molecule has 0 aliphatic carbocycles. The zero-order valence-electron chi connectivity index (χ0n) is 14.4. The van der Waals surface area contributed by atoms with Crippen molar-refractivity contribution in [2.24, 2.45) is 0 Å². The monoisotopic (exact) mass is 406 g/mol. The van der Waals surface area contributed by atoms with E-state index in [1.165, 1.54) is 41.7 Å². The van der Waals surface area contributed by atoms with Crippen molar-refractivity contribution < 1.29 is 9.53 Å². The number of rotatable bonds is 4. The van der Waals surface area contributed by atoms with Crippen LogP contribution in [0.1, 0.15) is 21.5 Å². The van der Waals surface area contributed by atoms with E-state index in [2.05, 4.69) is 36.3 Å². The first-order chi connectivity index (χ1) is 12.4. The van der Waals surface area contributed by atoms with E-state index >= 15 is 0 Å². The maximum Gasteiger partial charge on any atom is 0.261 e. The average molecular weight is 407 g/mol. The van der Waals surface area contributed by atoms with Crippen molar-refractivity contribution in [3.05, 3.63) is 62.4 Å². The second-order valence-corrected chi connectivity index (χ2v) is 7.46. The second-order valence-electron chi connectivity index (χ2n) is 5.76. The van der Waals surface area contributed by atoms with Crippen molar-refractivity contribution in [3.8, 4) is 17.0 Å². The Hall–Kier alpha value is -2.08. The highest BCUT2D eigenvalue weighted by Gasteiger charge is 2.18. The third-order valence-corrected chi connectivity index (χ3v) is 5.24. The van der Waals surface area contributed by atoms with Crippen molar-refractivity contribution in [3.63, 3.8) is 0 Å². The summed E-state index contributed by atoms with van der Waals surface area (Å²) in [5, 5.41) is 5.80. The summed E-state index contributed by atoms with van der Waals surface area (Å²) in [7, 11) is 1.45. The van der Waals surface area contributed by atoms with E-state index in [-0.39, 0.29) is 22.2 Å². The first-order valence-electron chi connectivity index (χ1n) is 7.76. The molecule has 2 aromatic carbocycles. The molecular weight excluding hydrogens is 391 g/mol. The minimum absolute atomic E-state index is 0.257. The zero-order chi connectivity index (χ0) is 18.8. The summed E-state index contributed by atoms with van der Waals surface area (Å²) in [5.74, 6) is -0.105. The fourth-order valence-electron chi connectivity index (χ4n) is 2.47. The summed E-state index contributed by atoms with van der Waals surface area (Å²) in [5.41, 5.74) is 4.49. The van der Waals surface area contributed by atoms with Gasteiger partial charge in [0.25, 0.3) is 5.91 Å². The Morgan fingerprint density at radius 1 is 1.15 bits per heavy atom. The number of anilines is 1. The topological polar surface area (TPSA) is 51.2 Å². The molecule has 1 aromatic heterocycles. The second kappa shape index (κ2) is 7.66. The number of carbonyl (C=O) groups is 1. The van der Waals surface area contributed by atoms with Gasteiger partial charge in [0, 0.05) is 16.0 Å². The molecule has 134 valence electrons. The number of hydrogen-bond donors (Lipinski definition) is 1. The highest BCUT2D eigenvalue weighted by atomic mass is 35.5. The van der Waals surface area contributed by atoms with E-state index < -0.39 is 0 Å². The van der Waals surface area contributed by atoms with E-state index in [0.29, 0.717) is 10.2 Å². The molecule has 1 N–H and O–H groups in total. The van der Waals surface area contributed by atoms with Crippen molar-refractivity contribution in [2.75, 3.05) is 12.4 Å². The normalized spacial score (nSPS) is 10.7. The van der Waals surface area contributed by atoms with Crippen molar-refractivity contribution >= 4 is 45.6 Å². The number of benzene rings is 2. The molecule has 3 rings (SSSR count). The predicted molar refractivity (Wildman–Crippen MR) is 108 cm³/mol. The van der Waals surface area contributed by atoms with Gasteiger partial charge in [-0.15, -0.1) is 11.3 Å². The van der Waals surface area contributed by atoms with Gasteiger partial charge in [0.1, 0.15) is 5.75 Å². The van der Waals surface area contributed by atoms with Gasteiger partial charge < -0.3 is 4.74 Å². The molecule has 1 heterocycles. The number of thiazole rings is 1. The molecule has 4 nitrogen and oxygen atoms in total. The molecule has 3 aromatic rings. The molecule has 1 amide bonds. The lowest BCUT2D eigenvalue weighted by Gasteiger charge is -2.10. The van der Waals surface area contributed by atoms with Gasteiger partial charge in [-0.3, -0.25) is 10.1 Å². The Kier molecular flexibility index (Phi) is 5.51. The van der Waals surface area contributed by atoms with Gasteiger partial charge in [-0.25, -0.2) is 4.98 Å². The minimum Gasteiger partial charge on any atom is -0.494 e. The number of ether oxygens (including phenoxy) is 1. The van der Waals surface area contributed by atoms with Crippen LogP contribution in [0.15, 0.2) is 35.7 Å². The third-order valence-electron chi connectivity index (χ3n) is 3.98. The van der Waals surface area contributed by atoms with Gasteiger partial charge in [-0.1, -0.05) is 35.3 Å². The summed E-state index contributed by atoms with van der Waals surface area (Å²) in [6.07, 6.45) is 0. The summed E-state index contributed by atoms with van der Waals surface area (Å²) < 4.78 is 5.22. The number of aromatic nitrogens is 1. The van der Waals surface area contributed by atoms with Crippen LogP contribution >= 0.6 is 34.5 Å². The van der Waals surface area contributed by atoms with Crippen molar-refractivity contribution in [2.45, 2.75) is 13.8 Å². The Bertz CT molecular complexity index is 986. The van der Waals surface area contributed by atoms with Crippen LogP contribution in [0.3, 0.4) is 0 Å². The summed E-state index contributed by atoms with van der Waals surface area (Å²) in [6, 6.07) is 9.19. The van der Waals surface area contributed by atoms with Gasteiger partial charge in [-0.05, 0) is 43.2 Å². The number of halogens is 2. The van der Waals surface area contributed by atoms with Crippen LogP contribution < -0.4 is 10.1 Å². The standard InChI is InChI=1S/C19H16Cl2N2O2S/c1-10-4-5-12(6-11(10)2)16-9-26-19(22-16)23-18(24)14-7-13(20)8-15(21)17(14)25-3/h4-9H,1-3H3,(H,22,23,24). The largest absolute Gasteiger partial charge is 0.494 e. The van der Waals surface area contributed by atoms with E-state index in [0.717, 1.165) is 11.3 Å². The van der Waals surface area contributed by atoms with Gasteiger partial charge in [0.2, 0.25) is 0 Å². The minimum atomic E-state index is -0.382. The zero-order valence-corrected chi connectivity index (χ0v) is 16.7. The number of nitrogens with zero attached hydrogens (tertiary/aromatic N) is 1. The van der Waals surface area contributed by atoms with Gasteiger partial charge in [-0.2, -0.15) is 0 Å². The lowest BCUT2D eigenvalue weighted by atomic mass is 10.1. The van der Waals surface area contributed by atoms with Crippen LogP contribution in [-0.4, -0.2) is 18.0 Å². The molecule has 0 spiro atoms. The molecule has 0 fully saturated rings. The first-order valence-corrected chi connectivity index (χ1v) is 9.40. The van der Waals surface area contributed by atoms with Crippen LogP contribution in [-0.2, 0) is 0 Å². The summed E-state index contributed by atoms with van der Waals surface area (Å²) in [6.45, 7) is 4.12. The lowest BCUT2D eigenvalue weighted by Crippen LogP contribution is -2.13. The number of nitrogens with one attached hydrogen (secondary N) is 1. The molecule has 0 unspecified atom stereocenters. The molecule has 0 atom stereocenters. The molecule has 0 bridgehead atoms. The molecule has 0 saturated heterocycles. The Balaban J connectivity index is 1.85. The summed E-state index contributed by atoms with van der Waals surface area (Å²) in [4.78, 5) is 17.1. The van der Waals surface area contributed by atoms with E-state index in [1.54, 1.807) is 0 Å². The predicted octanol–water partition coefficient (Wildman–Crippen LogP) is 5.99. The first kappa shape index (κ1) is 18.7. The van der Waals surface area contributed by atoms with Crippen LogP contribution in [0.2, 0.25) is 10.0 Å². The lowest BCUT2D eigenvalue weighted by molar-refractivity contribution is 0.102. The third kappa shape index (κ3) is 3.85. The van der Waals surface area contributed by atoms with E-state index in [4.69, 9.17) is 27.9 Å². The van der Waals surface area contributed by atoms with E-state index in [9.17, 15) is 4.79 Å². The van der Waals surface area contributed by atoms with Crippen LogP contribution in [0, 0.1) is 13.8 Å². The highest BCUT2D eigenvalue weighted by Crippen LogP contribution is 2.33. The maximum absolute atomic E-state index is 12.6. The Morgan fingerprint density at radius 3 is 2.62 bits per heavy atom. The Labute approximate surface area is 165 Å². The van der Waals surface area contributed by atoms with Crippen LogP contribution in [0.25, 0.3) is 11.3 Å². The smallest absolute Gasteiger partial charge is 0.261 e. The fourth-order valence-corrected chi connectivity index (χ4v) is 3.75. The molecule has 26 heavy (non-hydrogen) atoms. The number of amides is 1. The molecule has 0 aliphatic rings. The van der Waals surface area contributed by atoms with Crippen LogP contribution in [0.4, 0.5) is 5.13 Å². The van der Waals surface area contributed by atoms with Crippen molar-refractivity contribution in [1.82, 2.24) is 4.98 Å².